The fourth-order valence-electron chi connectivity index (χ4n) is 3.69. The number of carbonyl (C=O) groups is 2. The molecule has 0 spiro atoms. The van der Waals surface area contributed by atoms with E-state index in [4.69, 9.17) is 11.6 Å². The maximum absolute atomic E-state index is 12.9. The van der Waals surface area contributed by atoms with Gasteiger partial charge in [-0.3, -0.25) is 19.0 Å². The maximum Gasteiger partial charge on any atom is 0.273 e. The van der Waals surface area contributed by atoms with Crippen LogP contribution in [0.3, 0.4) is 0 Å². The first-order chi connectivity index (χ1) is 15.4. The number of fused-ring (bicyclic) bond motifs is 1. The highest BCUT2D eigenvalue weighted by atomic mass is 35.5. The zero-order valence-electron chi connectivity index (χ0n) is 17.5. The first kappa shape index (κ1) is 22.2. The Kier molecular flexibility index (Phi) is 6.71. The summed E-state index contributed by atoms with van der Waals surface area (Å²) in [7, 11) is 0. The van der Waals surface area contributed by atoms with Crippen molar-refractivity contribution >= 4 is 55.9 Å². The maximum atomic E-state index is 12.9. The van der Waals surface area contributed by atoms with Crippen molar-refractivity contribution in [3.63, 3.8) is 0 Å². The van der Waals surface area contributed by atoms with Crippen LogP contribution in [0.2, 0.25) is 5.02 Å². The fourth-order valence-corrected chi connectivity index (χ4v) is 4.88. The lowest BCUT2D eigenvalue weighted by molar-refractivity contribution is -0.125. The van der Waals surface area contributed by atoms with E-state index in [2.05, 4.69) is 20.6 Å². The highest BCUT2D eigenvalue weighted by Gasteiger charge is 2.27. The quantitative estimate of drug-likeness (QED) is 0.568. The van der Waals surface area contributed by atoms with Crippen LogP contribution < -0.4 is 21.1 Å². The Morgan fingerprint density at radius 2 is 2.19 bits per heavy atom. The molecule has 1 unspecified atom stereocenters. The van der Waals surface area contributed by atoms with Gasteiger partial charge in [0.15, 0.2) is 10.8 Å². The number of halogens is 1. The number of amides is 2. The van der Waals surface area contributed by atoms with E-state index in [1.54, 1.807) is 24.3 Å². The van der Waals surface area contributed by atoms with Gasteiger partial charge < -0.3 is 15.5 Å². The van der Waals surface area contributed by atoms with Gasteiger partial charge in [0.05, 0.1) is 5.92 Å². The van der Waals surface area contributed by atoms with Crippen LogP contribution in [0.5, 0.6) is 0 Å². The van der Waals surface area contributed by atoms with E-state index in [1.807, 2.05) is 11.8 Å². The average Bonchev–Trinajstić information content (AvgIpc) is 3.21. The third-order valence-electron chi connectivity index (χ3n) is 5.21. The summed E-state index contributed by atoms with van der Waals surface area (Å²) in [6, 6.07) is 6.79. The number of anilines is 2. The number of aromatic nitrogens is 3. The van der Waals surface area contributed by atoms with Crippen LogP contribution in [0.1, 0.15) is 19.8 Å². The molecule has 1 aliphatic heterocycles. The highest BCUT2D eigenvalue weighted by Crippen LogP contribution is 2.29. The third kappa shape index (κ3) is 4.91. The van der Waals surface area contributed by atoms with Crippen molar-refractivity contribution in [2.45, 2.75) is 26.3 Å². The van der Waals surface area contributed by atoms with Crippen molar-refractivity contribution in [2.24, 2.45) is 5.92 Å². The predicted molar refractivity (Wildman–Crippen MR) is 125 cm³/mol. The number of rotatable bonds is 6. The van der Waals surface area contributed by atoms with Crippen LogP contribution in [-0.2, 0) is 16.1 Å². The molecule has 168 valence electrons. The average molecular weight is 475 g/mol. The summed E-state index contributed by atoms with van der Waals surface area (Å²) in [5.41, 5.74) is 0.579. The molecule has 9 nitrogen and oxygen atoms in total. The second-order valence-electron chi connectivity index (χ2n) is 7.57. The van der Waals surface area contributed by atoms with E-state index in [-0.39, 0.29) is 29.8 Å². The van der Waals surface area contributed by atoms with Gasteiger partial charge in [-0.05, 0) is 38.0 Å². The van der Waals surface area contributed by atoms with Crippen molar-refractivity contribution in [3.05, 3.63) is 46.0 Å². The molecule has 3 aromatic rings. The van der Waals surface area contributed by atoms with E-state index in [0.29, 0.717) is 39.3 Å². The molecule has 1 atom stereocenters. The molecular formula is C21H23ClN6O3S. The Morgan fingerprint density at radius 3 is 2.97 bits per heavy atom. The standard InChI is InChI=1S/C21H23ClN6O3S/c1-2-23-19(30)13-5-4-8-27(10-13)21-26-18-17(32-21)20(31)28(12-24-18)11-16(29)25-15-7-3-6-14(22)9-15/h3,6-7,9,12-13H,2,4-5,8,10-11H2,1H3,(H,23,30)(H,25,29). The molecule has 32 heavy (non-hydrogen) atoms. The van der Waals surface area contributed by atoms with Crippen molar-refractivity contribution in [3.8, 4) is 0 Å². The smallest absolute Gasteiger partial charge is 0.273 e. The van der Waals surface area contributed by atoms with Crippen LogP contribution in [-0.4, -0.2) is 46.0 Å². The highest BCUT2D eigenvalue weighted by molar-refractivity contribution is 7.22. The van der Waals surface area contributed by atoms with Crippen LogP contribution in [0, 0.1) is 5.92 Å². The van der Waals surface area contributed by atoms with Gasteiger partial charge in [-0.15, -0.1) is 0 Å². The van der Waals surface area contributed by atoms with Gasteiger partial charge in [0.2, 0.25) is 11.8 Å². The van der Waals surface area contributed by atoms with E-state index in [9.17, 15) is 14.4 Å². The van der Waals surface area contributed by atoms with Gasteiger partial charge in [0.1, 0.15) is 17.6 Å². The number of benzene rings is 1. The van der Waals surface area contributed by atoms with Gasteiger partial charge in [0.25, 0.3) is 5.56 Å². The summed E-state index contributed by atoms with van der Waals surface area (Å²) in [6.45, 7) is 3.65. The van der Waals surface area contributed by atoms with Gasteiger partial charge >= 0.3 is 0 Å². The molecule has 0 saturated carbocycles. The Morgan fingerprint density at radius 1 is 1.34 bits per heavy atom. The molecule has 4 rings (SSSR count). The van der Waals surface area contributed by atoms with Crippen LogP contribution in [0.4, 0.5) is 10.8 Å². The van der Waals surface area contributed by atoms with Gasteiger partial charge in [-0.25, -0.2) is 4.98 Å². The Labute approximate surface area is 193 Å². The molecule has 2 N–H and O–H groups in total. The molecule has 1 aliphatic rings. The molecule has 0 bridgehead atoms. The Bertz CT molecular complexity index is 1210. The SMILES string of the molecule is CCNC(=O)C1CCCN(c2nc3ncn(CC(=O)Nc4cccc(Cl)c4)c(=O)c3s2)C1. The van der Waals surface area contributed by atoms with E-state index < -0.39 is 0 Å². The van der Waals surface area contributed by atoms with E-state index in [1.165, 1.54) is 22.2 Å². The summed E-state index contributed by atoms with van der Waals surface area (Å²) in [4.78, 5) is 48.4. The topological polar surface area (TPSA) is 109 Å². The molecule has 0 aliphatic carbocycles. The minimum Gasteiger partial charge on any atom is -0.356 e. The van der Waals surface area contributed by atoms with Crippen molar-refractivity contribution < 1.29 is 9.59 Å². The normalized spacial score (nSPS) is 16.2. The lowest BCUT2D eigenvalue weighted by Gasteiger charge is -2.31. The van der Waals surface area contributed by atoms with Gasteiger partial charge in [0, 0.05) is 30.3 Å². The van der Waals surface area contributed by atoms with Crippen molar-refractivity contribution in [2.75, 3.05) is 29.9 Å². The van der Waals surface area contributed by atoms with Gasteiger partial charge in [-0.2, -0.15) is 4.98 Å². The molecule has 1 saturated heterocycles. The number of nitrogens with zero attached hydrogens (tertiary/aromatic N) is 4. The monoisotopic (exact) mass is 474 g/mol. The Hall–Kier alpha value is -2.98. The summed E-state index contributed by atoms with van der Waals surface area (Å²) >= 11 is 7.18. The third-order valence-corrected chi connectivity index (χ3v) is 6.54. The Balaban J connectivity index is 1.50. The minimum atomic E-state index is -0.360. The molecule has 1 aromatic carbocycles. The molecule has 1 fully saturated rings. The molecule has 11 heteroatoms. The zero-order valence-corrected chi connectivity index (χ0v) is 19.1. The van der Waals surface area contributed by atoms with E-state index in [0.717, 1.165) is 19.4 Å². The lowest BCUT2D eigenvalue weighted by Crippen LogP contribution is -2.43. The fraction of sp³-hybridized carbons (Fsp3) is 0.381. The number of hydrogen-bond acceptors (Lipinski definition) is 7. The van der Waals surface area contributed by atoms with Gasteiger partial charge in [-0.1, -0.05) is 29.0 Å². The molecule has 3 heterocycles. The number of nitrogens with one attached hydrogen (secondary N) is 2. The summed E-state index contributed by atoms with van der Waals surface area (Å²) in [5, 5.41) is 6.77. The number of thiazole rings is 1. The van der Waals surface area contributed by atoms with Crippen LogP contribution in [0.15, 0.2) is 35.4 Å². The predicted octanol–water partition coefficient (Wildman–Crippen LogP) is 2.50. The first-order valence-electron chi connectivity index (χ1n) is 10.4. The second kappa shape index (κ2) is 9.66. The summed E-state index contributed by atoms with van der Waals surface area (Å²) < 4.78 is 1.65. The molecule has 2 amide bonds. The molecule has 2 aromatic heterocycles. The lowest BCUT2D eigenvalue weighted by atomic mass is 9.97. The molecular weight excluding hydrogens is 452 g/mol. The molecule has 0 radical (unpaired) electrons. The van der Waals surface area contributed by atoms with Crippen LogP contribution in [0.25, 0.3) is 10.3 Å². The number of piperidine rings is 1. The van der Waals surface area contributed by atoms with Crippen molar-refractivity contribution in [1.29, 1.82) is 0 Å². The van der Waals surface area contributed by atoms with E-state index >= 15 is 0 Å². The summed E-state index contributed by atoms with van der Waals surface area (Å²) in [6.07, 6.45) is 3.04. The largest absolute Gasteiger partial charge is 0.356 e. The first-order valence-corrected chi connectivity index (χ1v) is 11.6. The zero-order chi connectivity index (χ0) is 22.7. The van der Waals surface area contributed by atoms with Crippen molar-refractivity contribution in [1.82, 2.24) is 19.9 Å². The number of carbonyl (C=O) groups excluding carboxylic acids is 2. The van der Waals surface area contributed by atoms with Crippen LogP contribution >= 0.6 is 22.9 Å². The minimum absolute atomic E-state index is 0.0458. The summed E-state index contributed by atoms with van der Waals surface area (Å²) in [5.74, 6) is -0.416. The number of hydrogen-bond donors (Lipinski definition) is 2. The second-order valence-corrected chi connectivity index (χ2v) is 8.98.